The highest BCUT2D eigenvalue weighted by Gasteiger charge is 2.62. The predicted octanol–water partition coefficient (Wildman–Crippen LogP) is 4.19. The summed E-state index contributed by atoms with van der Waals surface area (Å²) < 4.78 is 0. The van der Waals surface area contributed by atoms with E-state index in [1.54, 1.807) is 0 Å². The zero-order valence-electron chi connectivity index (χ0n) is 21.4. The average Bonchev–Trinajstić information content (AvgIpc) is 3.73. The molecule has 6 heteroatoms. The van der Waals surface area contributed by atoms with E-state index in [2.05, 4.69) is 25.3 Å². The molecule has 8 atom stereocenters. The third-order valence-electron chi connectivity index (χ3n) is 10.1. The molecular weight excluding hydrogens is 476 g/mol. The number of allylic oxidation sites excluding steroid dienone is 6. The first kappa shape index (κ1) is 23.6. The molecule has 38 heavy (non-hydrogen) atoms. The summed E-state index contributed by atoms with van der Waals surface area (Å²) >= 11 is 0. The molecule has 8 unspecified atom stereocenters. The molecule has 4 fully saturated rings. The van der Waals surface area contributed by atoms with E-state index < -0.39 is 0 Å². The summed E-state index contributed by atoms with van der Waals surface area (Å²) in [5.41, 5.74) is 4.18. The van der Waals surface area contributed by atoms with Crippen molar-refractivity contribution in [2.24, 2.45) is 47.3 Å². The van der Waals surface area contributed by atoms with Crippen LogP contribution in [0, 0.1) is 47.3 Å². The maximum Gasteiger partial charge on any atom is 0.234 e. The number of nitrogens with zero attached hydrogens (tertiary/aromatic N) is 2. The molecule has 4 amide bonds. The summed E-state index contributed by atoms with van der Waals surface area (Å²) in [4.78, 5) is 56.2. The van der Waals surface area contributed by atoms with Crippen LogP contribution in [-0.2, 0) is 32.3 Å². The molecule has 0 N–H and O–H groups in total. The maximum atomic E-state index is 13.4. The summed E-state index contributed by atoms with van der Waals surface area (Å²) in [5.74, 6) is -0.629. The highest BCUT2D eigenvalue weighted by Crippen LogP contribution is 2.57. The quantitative estimate of drug-likeness (QED) is 0.390. The van der Waals surface area contributed by atoms with Crippen molar-refractivity contribution in [3.05, 3.63) is 84.0 Å². The molecule has 194 valence electrons. The van der Waals surface area contributed by atoms with Crippen molar-refractivity contribution >= 4 is 23.6 Å². The topological polar surface area (TPSA) is 74.8 Å². The molecule has 2 saturated carbocycles. The van der Waals surface area contributed by atoms with Crippen molar-refractivity contribution in [2.45, 2.75) is 38.8 Å². The smallest absolute Gasteiger partial charge is 0.234 e. The van der Waals surface area contributed by atoms with Crippen molar-refractivity contribution in [1.29, 1.82) is 0 Å². The number of imide groups is 2. The van der Waals surface area contributed by atoms with Gasteiger partial charge in [-0.15, -0.1) is 13.2 Å². The lowest BCUT2D eigenvalue weighted by atomic mass is 9.80. The molecule has 0 aromatic heterocycles. The number of fused-ring (bicyclic) bond motifs is 10. The molecule has 6 aliphatic rings. The molecular formula is C32H32N2O4. The lowest BCUT2D eigenvalue weighted by Gasteiger charge is -2.21. The monoisotopic (exact) mass is 508 g/mol. The number of hydrogen-bond acceptors (Lipinski definition) is 4. The summed E-state index contributed by atoms with van der Waals surface area (Å²) in [6, 6.07) is 7.61. The lowest BCUT2D eigenvalue weighted by molar-refractivity contribution is -0.142. The SMILES string of the molecule is C=CCC1=CC2CC1C1C(=O)N(Cc3cccc(CN4C(=O)C5C6C=C(CC=C)C(C6)C5C4=O)c3)C(=O)C21. The second-order valence-electron chi connectivity index (χ2n) is 11.9. The van der Waals surface area contributed by atoms with Gasteiger partial charge in [-0.25, -0.2) is 0 Å². The van der Waals surface area contributed by atoms with Gasteiger partial charge < -0.3 is 0 Å². The molecule has 2 saturated heterocycles. The number of hydrogen-bond donors (Lipinski definition) is 0. The minimum absolute atomic E-state index is 0.0661. The number of rotatable bonds is 8. The van der Waals surface area contributed by atoms with Crippen LogP contribution in [0.25, 0.3) is 0 Å². The number of carbonyl (C=O) groups is 4. The van der Waals surface area contributed by atoms with E-state index in [0.717, 1.165) is 36.8 Å². The summed E-state index contributed by atoms with van der Waals surface area (Å²) in [5, 5.41) is 0. The standard InChI is InChI=1S/C32H32N2O4/c1-3-6-19-11-21-13-23(19)27-25(21)29(35)33(31(27)37)15-17-8-5-9-18(10-17)16-34-30(36)26-22-12-20(7-4-2)24(14-22)28(26)32(34)38/h3-5,8-12,21-28H,1-2,6-7,13-16H2. The van der Waals surface area contributed by atoms with E-state index in [1.165, 1.54) is 20.9 Å². The van der Waals surface area contributed by atoms with Crippen LogP contribution in [0.4, 0.5) is 0 Å². The molecule has 2 aliphatic heterocycles. The first-order valence-electron chi connectivity index (χ1n) is 13.8. The fraction of sp³-hybridized carbons (Fsp3) is 0.438. The molecule has 0 spiro atoms. The normalized spacial score (nSPS) is 36.2. The van der Waals surface area contributed by atoms with Crippen molar-refractivity contribution < 1.29 is 19.2 Å². The third kappa shape index (κ3) is 3.18. The van der Waals surface area contributed by atoms with Gasteiger partial charge in [0.15, 0.2) is 0 Å². The van der Waals surface area contributed by atoms with Gasteiger partial charge in [0.2, 0.25) is 23.6 Å². The molecule has 4 bridgehead atoms. The van der Waals surface area contributed by atoms with Crippen LogP contribution < -0.4 is 0 Å². The number of likely N-dealkylation sites (tertiary alicyclic amines) is 2. The van der Waals surface area contributed by atoms with Crippen molar-refractivity contribution in [1.82, 2.24) is 9.80 Å². The Balaban J connectivity index is 1.06. The largest absolute Gasteiger partial charge is 0.278 e. The highest BCUT2D eigenvalue weighted by atomic mass is 16.2. The van der Waals surface area contributed by atoms with Gasteiger partial charge in [-0.2, -0.15) is 0 Å². The molecule has 4 aliphatic carbocycles. The van der Waals surface area contributed by atoms with Gasteiger partial charge in [0, 0.05) is 0 Å². The van der Waals surface area contributed by atoms with Gasteiger partial charge in [-0.1, -0.05) is 59.7 Å². The third-order valence-corrected chi connectivity index (χ3v) is 10.1. The van der Waals surface area contributed by atoms with Gasteiger partial charge in [-0.3, -0.25) is 29.0 Å². The maximum absolute atomic E-state index is 13.4. The number of amides is 4. The van der Waals surface area contributed by atoms with Crippen LogP contribution in [0.3, 0.4) is 0 Å². The molecule has 2 heterocycles. The zero-order chi connectivity index (χ0) is 26.3. The second-order valence-corrected chi connectivity index (χ2v) is 11.9. The van der Waals surface area contributed by atoms with Gasteiger partial charge >= 0.3 is 0 Å². The highest BCUT2D eigenvalue weighted by molar-refractivity contribution is 6.07. The summed E-state index contributed by atoms with van der Waals surface area (Å²) in [6.07, 6.45) is 11.5. The number of carbonyl (C=O) groups excluding carboxylic acids is 4. The predicted molar refractivity (Wildman–Crippen MR) is 141 cm³/mol. The number of benzene rings is 1. The van der Waals surface area contributed by atoms with Gasteiger partial charge in [0.05, 0.1) is 36.8 Å². The minimum atomic E-state index is -0.246. The van der Waals surface area contributed by atoms with E-state index in [4.69, 9.17) is 0 Å². The van der Waals surface area contributed by atoms with Crippen LogP contribution in [0.1, 0.15) is 36.8 Å². The van der Waals surface area contributed by atoms with Crippen LogP contribution in [0.15, 0.2) is 72.9 Å². The Morgan fingerprint density at radius 2 is 1.11 bits per heavy atom. The fourth-order valence-electron chi connectivity index (χ4n) is 8.65. The molecule has 1 aromatic rings. The van der Waals surface area contributed by atoms with E-state index in [9.17, 15) is 19.2 Å². The van der Waals surface area contributed by atoms with Crippen molar-refractivity contribution in [3.8, 4) is 0 Å². The van der Waals surface area contributed by atoms with Crippen LogP contribution in [0.2, 0.25) is 0 Å². The van der Waals surface area contributed by atoms with E-state index in [1.807, 2.05) is 36.4 Å². The van der Waals surface area contributed by atoms with E-state index in [0.29, 0.717) is 0 Å². The Bertz CT molecular complexity index is 1270. The minimum Gasteiger partial charge on any atom is -0.278 e. The summed E-state index contributed by atoms with van der Waals surface area (Å²) in [6.45, 7) is 8.12. The first-order valence-corrected chi connectivity index (χ1v) is 13.8. The fourth-order valence-corrected chi connectivity index (χ4v) is 8.65. The molecule has 7 rings (SSSR count). The van der Waals surface area contributed by atoms with Crippen molar-refractivity contribution in [3.63, 3.8) is 0 Å². The Morgan fingerprint density at radius 1 is 0.684 bits per heavy atom. The first-order chi connectivity index (χ1) is 18.4. The molecule has 6 nitrogen and oxygen atoms in total. The Hall–Kier alpha value is -3.54. The molecule has 1 aromatic carbocycles. The van der Waals surface area contributed by atoms with E-state index >= 15 is 0 Å². The summed E-state index contributed by atoms with van der Waals surface area (Å²) in [7, 11) is 0. The lowest BCUT2D eigenvalue weighted by Crippen LogP contribution is -2.33. The zero-order valence-corrected chi connectivity index (χ0v) is 21.4. The van der Waals surface area contributed by atoms with Gasteiger partial charge in [0.25, 0.3) is 0 Å². The van der Waals surface area contributed by atoms with Crippen LogP contribution >= 0.6 is 0 Å². The Labute approximate surface area is 222 Å². The van der Waals surface area contributed by atoms with E-state index in [-0.39, 0.29) is 84.1 Å². The van der Waals surface area contributed by atoms with Crippen LogP contribution in [-0.4, -0.2) is 33.4 Å². The average molecular weight is 509 g/mol. The molecule has 0 radical (unpaired) electrons. The van der Waals surface area contributed by atoms with Crippen molar-refractivity contribution in [2.75, 3.05) is 0 Å². The van der Waals surface area contributed by atoms with Gasteiger partial charge in [0.1, 0.15) is 0 Å². The Kier molecular flexibility index (Phi) is 5.26. The van der Waals surface area contributed by atoms with Gasteiger partial charge in [-0.05, 0) is 60.5 Å². The van der Waals surface area contributed by atoms with Crippen LogP contribution in [0.5, 0.6) is 0 Å². The Morgan fingerprint density at radius 3 is 1.53 bits per heavy atom. The second kappa shape index (κ2) is 8.48.